The number of hydrogen-bond acceptors (Lipinski definition) is 5. The van der Waals surface area contributed by atoms with Crippen LogP contribution in [0, 0.1) is 5.92 Å². The van der Waals surface area contributed by atoms with Gasteiger partial charge in [-0.3, -0.25) is 4.79 Å². The molecule has 1 heterocycles. The van der Waals surface area contributed by atoms with Crippen molar-refractivity contribution in [1.82, 2.24) is 15.3 Å². The third-order valence-corrected chi connectivity index (χ3v) is 6.49. The van der Waals surface area contributed by atoms with Crippen LogP contribution in [0.15, 0.2) is 36.4 Å². The molecule has 6 heteroatoms. The van der Waals surface area contributed by atoms with E-state index in [9.17, 15) is 4.79 Å². The molecule has 2 fully saturated rings. The summed E-state index contributed by atoms with van der Waals surface area (Å²) in [5.41, 5.74) is 2.09. The van der Waals surface area contributed by atoms with Crippen LogP contribution in [0.2, 0.25) is 0 Å². The number of rotatable bonds is 8. The van der Waals surface area contributed by atoms with Crippen molar-refractivity contribution in [3.63, 3.8) is 0 Å². The number of benzene rings is 1. The fourth-order valence-corrected chi connectivity index (χ4v) is 4.36. The number of amides is 1. The molecule has 166 valence electrons. The van der Waals surface area contributed by atoms with Crippen LogP contribution in [-0.2, 0) is 16.0 Å². The second-order valence-corrected chi connectivity index (χ2v) is 9.13. The highest BCUT2D eigenvalue weighted by Gasteiger charge is 2.30. The summed E-state index contributed by atoms with van der Waals surface area (Å²) < 4.78 is 5.46. The molecular weight excluding hydrogens is 388 g/mol. The summed E-state index contributed by atoms with van der Waals surface area (Å²) in [6.45, 7) is 0. The number of methoxy groups -OCH3 is 1. The SMILES string of the molecule is COC1CCC(C(=O)N[C@H](Cc2cc(N(C)C)nc(C3CC3)n2)c2ccccc2)CC1. The van der Waals surface area contributed by atoms with Gasteiger partial charge in [0.05, 0.1) is 12.1 Å². The Morgan fingerprint density at radius 3 is 2.42 bits per heavy atom. The summed E-state index contributed by atoms with van der Waals surface area (Å²) in [5, 5.41) is 3.34. The molecule has 0 aliphatic heterocycles. The van der Waals surface area contributed by atoms with Gasteiger partial charge in [-0.2, -0.15) is 0 Å². The van der Waals surface area contributed by atoms with E-state index in [1.165, 1.54) is 12.8 Å². The lowest BCUT2D eigenvalue weighted by Crippen LogP contribution is -2.37. The van der Waals surface area contributed by atoms with Gasteiger partial charge in [0.25, 0.3) is 0 Å². The molecule has 31 heavy (non-hydrogen) atoms. The van der Waals surface area contributed by atoms with Gasteiger partial charge in [-0.1, -0.05) is 30.3 Å². The fraction of sp³-hybridized carbons (Fsp3) is 0.560. The van der Waals surface area contributed by atoms with Crippen LogP contribution in [0.3, 0.4) is 0 Å². The monoisotopic (exact) mass is 422 g/mol. The van der Waals surface area contributed by atoms with Gasteiger partial charge < -0.3 is 15.0 Å². The Morgan fingerprint density at radius 1 is 1.10 bits per heavy atom. The van der Waals surface area contributed by atoms with Crippen molar-refractivity contribution in [3.05, 3.63) is 53.5 Å². The number of hydrogen-bond donors (Lipinski definition) is 1. The Labute approximate surface area is 185 Å². The van der Waals surface area contributed by atoms with Gasteiger partial charge in [0, 0.05) is 51.2 Å². The van der Waals surface area contributed by atoms with Gasteiger partial charge in [-0.25, -0.2) is 9.97 Å². The van der Waals surface area contributed by atoms with Crippen LogP contribution in [0.25, 0.3) is 0 Å². The summed E-state index contributed by atoms with van der Waals surface area (Å²) in [6, 6.07) is 12.2. The van der Waals surface area contributed by atoms with Gasteiger partial charge >= 0.3 is 0 Å². The first kappa shape index (κ1) is 21.8. The molecule has 0 bridgehead atoms. The minimum Gasteiger partial charge on any atom is -0.381 e. The molecule has 2 aliphatic carbocycles. The molecule has 0 unspecified atom stereocenters. The lowest BCUT2D eigenvalue weighted by molar-refractivity contribution is -0.127. The quantitative estimate of drug-likeness (QED) is 0.696. The molecule has 2 saturated carbocycles. The van der Waals surface area contributed by atoms with Crippen LogP contribution in [-0.4, -0.2) is 43.2 Å². The van der Waals surface area contributed by atoms with Crippen LogP contribution >= 0.6 is 0 Å². The molecule has 1 N–H and O–H groups in total. The summed E-state index contributed by atoms with van der Waals surface area (Å²) >= 11 is 0. The maximum atomic E-state index is 13.1. The molecule has 0 spiro atoms. The first-order valence-electron chi connectivity index (χ1n) is 11.5. The van der Waals surface area contributed by atoms with E-state index in [0.717, 1.165) is 48.6 Å². The highest BCUT2D eigenvalue weighted by atomic mass is 16.5. The molecule has 0 radical (unpaired) electrons. The Bertz CT molecular complexity index is 854. The average Bonchev–Trinajstić information content (AvgIpc) is 3.64. The minimum absolute atomic E-state index is 0.0578. The van der Waals surface area contributed by atoms with Crippen LogP contribution in [0.4, 0.5) is 5.82 Å². The highest BCUT2D eigenvalue weighted by molar-refractivity contribution is 5.79. The van der Waals surface area contributed by atoms with Gasteiger partial charge in [-0.05, 0) is 44.1 Å². The van der Waals surface area contributed by atoms with Crippen LogP contribution < -0.4 is 10.2 Å². The van der Waals surface area contributed by atoms with Crippen molar-refractivity contribution in [2.24, 2.45) is 5.92 Å². The zero-order valence-corrected chi connectivity index (χ0v) is 18.9. The number of carbonyl (C=O) groups excluding carboxylic acids is 1. The van der Waals surface area contributed by atoms with Gasteiger partial charge in [0.1, 0.15) is 11.6 Å². The zero-order chi connectivity index (χ0) is 21.8. The van der Waals surface area contributed by atoms with E-state index in [0.29, 0.717) is 18.4 Å². The Balaban J connectivity index is 1.53. The molecule has 1 aromatic heterocycles. The second kappa shape index (κ2) is 9.77. The third-order valence-electron chi connectivity index (χ3n) is 6.49. The van der Waals surface area contributed by atoms with E-state index in [-0.39, 0.29) is 17.9 Å². The standard InChI is InChI=1S/C25H34N4O2/c1-29(2)23-16-20(26-24(28-23)18-9-10-18)15-22(17-7-5-4-6-8-17)27-25(30)19-11-13-21(31-3)14-12-19/h4-8,16,18-19,21-22H,9-15H2,1-3H3,(H,27,30)/t19?,21?,22-/m1/s1. The number of nitrogens with one attached hydrogen (secondary N) is 1. The first-order valence-corrected chi connectivity index (χ1v) is 11.5. The number of carbonyl (C=O) groups is 1. The van der Waals surface area contributed by atoms with Crippen molar-refractivity contribution >= 4 is 11.7 Å². The highest BCUT2D eigenvalue weighted by Crippen LogP contribution is 2.39. The normalized spacial score (nSPS) is 22.0. The lowest BCUT2D eigenvalue weighted by atomic mass is 9.86. The smallest absolute Gasteiger partial charge is 0.223 e. The molecule has 1 amide bonds. The number of anilines is 1. The predicted molar refractivity (Wildman–Crippen MR) is 122 cm³/mol. The maximum Gasteiger partial charge on any atom is 0.223 e. The molecular formula is C25H34N4O2. The zero-order valence-electron chi connectivity index (χ0n) is 18.9. The number of aromatic nitrogens is 2. The molecule has 2 aliphatic rings. The minimum atomic E-state index is -0.106. The van der Waals surface area contributed by atoms with Crippen molar-refractivity contribution in [1.29, 1.82) is 0 Å². The predicted octanol–water partition coefficient (Wildman–Crippen LogP) is 4.03. The molecule has 2 aromatic rings. The summed E-state index contributed by atoms with van der Waals surface area (Å²) in [6.07, 6.45) is 6.96. The lowest BCUT2D eigenvalue weighted by Gasteiger charge is -2.29. The van der Waals surface area contributed by atoms with E-state index < -0.39 is 0 Å². The number of ether oxygens (including phenoxy) is 1. The van der Waals surface area contributed by atoms with E-state index in [1.54, 1.807) is 7.11 Å². The summed E-state index contributed by atoms with van der Waals surface area (Å²) in [4.78, 5) is 24.8. The van der Waals surface area contributed by atoms with Gasteiger partial charge in [0.15, 0.2) is 0 Å². The van der Waals surface area contributed by atoms with Crippen LogP contribution in [0.5, 0.6) is 0 Å². The van der Waals surface area contributed by atoms with Crippen molar-refractivity contribution in [2.75, 3.05) is 26.1 Å². The Morgan fingerprint density at radius 2 is 1.81 bits per heavy atom. The van der Waals surface area contributed by atoms with E-state index in [2.05, 4.69) is 23.5 Å². The van der Waals surface area contributed by atoms with Crippen molar-refractivity contribution in [3.8, 4) is 0 Å². The van der Waals surface area contributed by atoms with Crippen LogP contribution in [0.1, 0.15) is 67.6 Å². The molecule has 4 rings (SSSR count). The number of nitrogens with zero attached hydrogens (tertiary/aromatic N) is 3. The van der Waals surface area contributed by atoms with E-state index >= 15 is 0 Å². The molecule has 0 saturated heterocycles. The first-order chi connectivity index (χ1) is 15.0. The largest absolute Gasteiger partial charge is 0.381 e. The van der Waals surface area contributed by atoms with E-state index in [4.69, 9.17) is 14.7 Å². The molecule has 6 nitrogen and oxygen atoms in total. The second-order valence-electron chi connectivity index (χ2n) is 9.13. The van der Waals surface area contributed by atoms with E-state index in [1.807, 2.05) is 37.2 Å². The topological polar surface area (TPSA) is 67.3 Å². The summed E-state index contributed by atoms with van der Waals surface area (Å²) in [5.74, 6) is 2.56. The summed E-state index contributed by atoms with van der Waals surface area (Å²) in [7, 11) is 5.78. The van der Waals surface area contributed by atoms with Crippen molar-refractivity contribution in [2.45, 2.75) is 63.0 Å². The molecule has 1 atom stereocenters. The maximum absolute atomic E-state index is 13.1. The molecule has 1 aromatic carbocycles. The average molecular weight is 423 g/mol. The van der Waals surface area contributed by atoms with Crippen molar-refractivity contribution < 1.29 is 9.53 Å². The Hall–Kier alpha value is -2.47. The van der Waals surface area contributed by atoms with Gasteiger partial charge in [0.2, 0.25) is 5.91 Å². The fourth-order valence-electron chi connectivity index (χ4n) is 4.36. The van der Waals surface area contributed by atoms with Gasteiger partial charge in [-0.15, -0.1) is 0 Å². The third kappa shape index (κ3) is 5.62. The Kier molecular flexibility index (Phi) is 6.86.